The molecule has 2 atom stereocenters. The molecule has 132 valence electrons. The number of furan rings is 1. The van der Waals surface area contributed by atoms with Gasteiger partial charge in [0.2, 0.25) is 0 Å². The van der Waals surface area contributed by atoms with E-state index in [0.29, 0.717) is 18.8 Å². The van der Waals surface area contributed by atoms with Gasteiger partial charge in [-0.25, -0.2) is 0 Å². The minimum absolute atomic E-state index is 0.0182. The number of amides is 1. The van der Waals surface area contributed by atoms with Crippen molar-refractivity contribution in [1.82, 2.24) is 14.8 Å². The molecule has 0 unspecified atom stereocenters. The second kappa shape index (κ2) is 6.98. The molecule has 1 amide bonds. The Labute approximate surface area is 147 Å². The normalized spacial score (nSPS) is 24.1. The van der Waals surface area contributed by atoms with Crippen molar-refractivity contribution in [3.05, 3.63) is 53.7 Å². The zero-order chi connectivity index (χ0) is 17.2. The Bertz CT molecular complexity index is 731. The van der Waals surface area contributed by atoms with Gasteiger partial charge in [-0.3, -0.25) is 14.7 Å². The second-order valence-corrected chi connectivity index (χ2v) is 6.78. The largest absolute Gasteiger partial charge is 0.459 e. The van der Waals surface area contributed by atoms with Gasteiger partial charge in [0.1, 0.15) is 0 Å². The van der Waals surface area contributed by atoms with Gasteiger partial charge in [0.05, 0.1) is 25.0 Å². The summed E-state index contributed by atoms with van der Waals surface area (Å²) in [7, 11) is 0. The summed E-state index contributed by atoms with van der Waals surface area (Å²) in [5, 5.41) is 0. The van der Waals surface area contributed by atoms with Crippen LogP contribution in [0.3, 0.4) is 0 Å². The standard InChI is InChI=1S/C19H23N3O3/c1-14-5-10-25-18(14)19(23)22-8-4-17-16(13-22)21(9-11-24-17)12-15-2-6-20-7-3-15/h2-3,5-7,10,16-17H,4,8-9,11-13H2,1H3/t16-,17-/m1/s1. The number of nitrogens with zero attached hydrogens (tertiary/aromatic N) is 3. The Morgan fingerprint density at radius 3 is 2.88 bits per heavy atom. The molecule has 0 spiro atoms. The lowest BCUT2D eigenvalue weighted by molar-refractivity contribution is -0.101. The van der Waals surface area contributed by atoms with E-state index < -0.39 is 0 Å². The van der Waals surface area contributed by atoms with Crippen molar-refractivity contribution in [1.29, 1.82) is 0 Å². The van der Waals surface area contributed by atoms with Crippen LogP contribution in [-0.2, 0) is 11.3 Å². The molecular formula is C19H23N3O3. The Morgan fingerprint density at radius 2 is 2.12 bits per heavy atom. The van der Waals surface area contributed by atoms with E-state index >= 15 is 0 Å². The lowest BCUT2D eigenvalue weighted by Crippen LogP contribution is -2.60. The van der Waals surface area contributed by atoms with Crippen LogP contribution in [0.1, 0.15) is 28.1 Å². The summed E-state index contributed by atoms with van der Waals surface area (Å²) < 4.78 is 11.4. The van der Waals surface area contributed by atoms with Gasteiger partial charge in [-0.2, -0.15) is 0 Å². The Morgan fingerprint density at radius 1 is 1.28 bits per heavy atom. The minimum Gasteiger partial charge on any atom is -0.459 e. The maximum Gasteiger partial charge on any atom is 0.289 e. The monoisotopic (exact) mass is 341 g/mol. The molecule has 2 aliphatic heterocycles. The zero-order valence-electron chi connectivity index (χ0n) is 14.4. The first-order valence-corrected chi connectivity index (χ1v) is 8.80. The van der Waals surface area contributed by atoms with Gasteiger partial charge in [-0.15, -0.1) is 0 Å². The SMILES string of the molecule is Cc1ccoc1C(=O)N1CC[C@H]2OCCN(Cc3ccncc3)[C@@H]2C1. The number of morpholine rings is 1. The lowest BCUT2D eigenvalue weighted by Gasteiger charge is -2.47. The Kier molecular flexibility index (Phi) is 4.55. The molecule has 0 saturated carbocycles. The highest BCUT2D eigenvalue weighted by Gasteiger charge is 2.39. The number of hydrogen-bond acceptors (Lipinski definition) is 5. The average molecular weight is 341 g/mol. The highest BCUT2D eigenvalue weighted by molar-refractivity contribution is 5.93. The van der Waals surface area contributed by atoms with E-state index in [9.17, 15) is 4.79 Å². The molecule has 4 rings (SSSR count). The molecule has 2 aliphatic rings. The van der Waals surface area contributed by atoms with Gasteiger partial charge in [0.15, 0.2) is 5.76 Å². The summed E-state index contributed by atoms with van der Waals surface area (Å²) in [5.41, 5.74) is 2.13. The van der Waals surface area contributed by atoms with Gasteiger partial charge in [0.25, 0.3) is 5.91 Å². The van der Waals surface area contributed by atoms with Crippen LogP contribution >= 0.6 is 0 Å². The molecule has 0 bridgehead atoms. The van der Waals surface area contributed by atoms with Gasteiger partial charge < -0.3 is 14.1 Å². The van der Waals surface area contributed by atoms with Crippen molar-refractivity contribution in [2.24, 2.45) is 0 Å². The van der Waals surface area contributed by atoms with E-state index in [2.05, 4.69) is 9.88 Å². The fourth-order valence-electron chi connectivity index (χ4n) is 3.78. The minimum atomic E-state index is -0.0182. The maximum absolute atomic E-state index is 12.8. The third kappa shape index (κ3) is 3.32. The Hall–Kier alpha value is -2.18. The number of ether oxygens (including phenoxy) is 1. The molecule has 0 N–H and O–H groups in total. The number of carbonyl (C=O) groups is 1. The number of piperidine rings is 1. The second-order valence-electron chi connectivity index (χ2n) is 6.78. The molecule has 2 saturated heterocycles. The molecule has 6 heteroatoms. The van der Waals surface area contributed by atoms with Crippen LogP contribution < -0.4 is 0 Å². The summed E-state index contributed by atoms with van der Waals surface area (Å²) in [6.07, 6.45) is 6.28. The van der Waals surface area contributed by atoms with Crippen LogP contribution in [0.15, 0.2) is 41.3 Å². The van der Waals surface area contributed by atoms with Gasteiger partial charge in [-0.05, 0) is 37.1 Å². The summed E-state index contributed by atoms with van der Waals surface area (Å²) >= 11 is 0. The predicted molar refractivity (Wildman–Crippen MR) is 92.1 cm³/mol. The maximum atomic E-state index is 12.8. The number of fused-ring (bicyclic) bond motifs is 1. The van der Waals surface area contributed by atoms with Crippen LogP contribution in [0.25, 0.3) is 0 Å². The first kappa shape index (κ1) is 16.3. The molecule has 0 aliphatic carbocycles. The third-order valence-electron chi connectivity index (χ3n) is 5.18. The van der Waals surface area contributed by atoms with Gasteiger partial charge in [-0.1, -0.05) is 0 Å². The molecular weight excluding hydrogens is 318 g/mol. The number of carbonyl (C=O) groups excluding carboxylic acids is 1. The van der Waals surface area contributed by atoms with Crippen molar-refractivity contribution in [2.75, 3.05) is 26.2 Å². The van der Waals surface area contributed by atoms with E-state index in [1.54, 1.807) is 6.26 Å². The number of aryl methyl sites for hydroxylation is 1. The number of aromatic nitrogens is 1. The van der Waals surface area contributed by atoms with E-state index in [4.69, 9.17) is 9.15 Å². The third-order valence-corrected chi connectivity index (χ3v) is 5.18. The number of rotatable bonds is 3. The molecule has 2 fully saturated rings. The van der Waals surface area contributed by atoms with Crippen molar-refractivity contribution in [2.45, 2.75) is 32.0 Å². The smallest absolute Gasteiger partial charge is 0.289 e. The van der Waals surface area contributed by atoms with Crippen LogP contribution in [0.4, 0.5) is 0 Å². The van der Waals surface area contributed by atoms with Crippen LogP contribution in [0.2, 0.25) is 0 Å². The topological polar surface area (TPSA) is 58.8 Å². The number of hydrogen-bond donors (Lipinski definition) is 0. The van der Waals surface area contributed by atoms with Crippen molar-refractivity contribution < 1.29 is 13.9 Å². The highest BCUT2D eigenvalue weighted by atomic mass is 16.5. The molecule has 2 aromatic heterocycles. The fourth-order valence-corrected chi connectivity index (χ4v) is 3.78. The van der Waals surface area contributed by atoms with Crippen molar-refractivity contribution >= 4 is 5.91 Å². The van der Waals surface area contributed by atoms with Gasteiger partial charge in [0, 0.05) is 44.1 Å². The molecule has 2 aromatic rings. The summed E-state index contributed by atoms with van der Waals surface area (Å²) in [6, 6.07) is 6.14. The first-order chi connectivity index (χ1) is 12.2. The van der Waals surface area contributed by atoms with Crippen LogP contribution in [0, 0.1) is 6.92 Å². The molecule has 4 heterocycles. The molecule has 25 heavy (non-hydrogen) atoms. The average Bonchev–Trinajstić information content (AvgIpc) is 3.08. The summed E-state index contributed by atoms with van der Waals surface area (Å²) in [6.45, 7) is 5.78. The summed E-state index contributed by atoms with van der Waals surface area (Å²) in [4.78, 5) is 21.2. The van der Waals surface area contributed by atoms with E-state index in [1.807, 2.05) is 42.4 Å². The molecule has 0 aromatic carbocycles. The van der Waals surface area contributed by atoms with E-state index in [-0.39, 0.29) is 18.1 Å². The van der Waals surface area contributed by atoms with E-state index in [1.165, 1.54) is 5.56 Å². The number of pyridine rings is 1. The van der Waals surface area contributed by atoms with Crippen molar-refractivity contribution in [3.63, 3.8) is 0 Å². The highest BCUT2D eigenvalue weighted by Crippen LogP contribution is 2.26. The lowest BCUT2D eigenvalue weighted by atomic mass is 9.97. The van der Waals surface area contributed by atoms with E-state index in [0.717, 1.165) is 31.7 Å². The number of likely N-dealkylation sites (tertiary alicyclic amines) is 1. The molecule has 0 radical (unpaired) electrons. The fraction of sp³-hybridized carbons (Fsp3) is 0.474. The first-order valence-electron chi connectivity index (χ1n) is 8.80. The molecule has 6 nitrogen and oxygen atoms in total. The van der Waals surface area contributed by atoms with Crippen LogP contribution in [-0.4, -0.2) is 59.1 Å². The zero-order valence-corrected chi connectivity index (χ0v) is 14.4. The quantitative estimate of drug-likeness (QED) is 0.856. The van der Waals surface area contributed by atoms with Gasteiger partial charge >= 0.3 is 0 Å². The summed E-state index contributed by atoms with van der Waals surface area (Å²) in [5.74, 6) is 0.436. The Balaban J connectivity index is 1.49. The predicted octanol–water partition coefficient (Wildman–Crippen LogP) is 2.10. The van der Waals surface area contributed by atoms with Crippen molar-refractivity contribution in [3.8, 4) is 0 Å². The van der Waals surface area contributed by atoms with Crippen LogP contribution in [0.5, 0.6) is 0 Å².